The fraction of sp³-hybridized carbons (Fsp3) is 0.682. The number of allylic oxidation sites excluding steroid dienone is 2. The third-order valence-electron chi connectivity index (χ3n) is 6.63. The molecule has 3 aliphatic rings. The van der Waals surface area contributed by atoms with E-state index in [4.69, 9.17) is 9.97 Å². The van der Waals surface area contributed by atoms with Crippen LogP contribution in [-0.2, 0) is 4.79 Å². The highest BCUT2D eigenvalue weighted by Gasteiger charge is 2.40. The van der Waals surface area contributed by atoms with E-state index >= 15 is 0 Å². The van der Waals surface area contributed by atoms with Crippen molar-refractivity contribution in [3.8, 4) is 0 Å². The van der Waals surface area contributed by atoms with Gasteiger partial charge in [0.1, 0.15) is 5.78 Å². The average Bonchev–Trinajstić information content (AvgIpc) is 2.97. The Morgan fingerprint density at radius 3 is 2.33 bits per heavy atom. The first-order chi connectivity index (χ1) is 13.1. The molecule has 2 fully saturated rings. The lowest BCUT2D eigenvalue weighted by Gasteiger charge is -2.40. The maximum Gasteiger partial charge on any atom is 0.225 e. The number of rotatable bonds is 5. The van der Waals surface area contributed by atoms with Crippen molar-refractivity contribution in [1.82, 2.24) is 14.9 Å². The minimum atomic E-state index is 0.135. The molecule has 5 nitrogen and oxygen atoms in total. The summed E-state index contributed by atoms with van der Waals surface area (Å²) < 4.78 is 0. The van der Waals surface area contributed by atoms with Crippen molar-refractivity contribution in [2.45, 2.75) is 65.0 Å². The molecule has 146 valence electrons. The third kappa shape index (κ3) is 3.66. The van der Waals surface area contributed by atoms with Crippen LogP contribution in [0.15, 0.2) is 18.5 Å². The molecule has 3 heterocycles. The second kappa shape index (κ2) is 7.70. The van der Waals surface area contributed by atoms with E-state index in [-0.39, 0.29) is 11.8 Å². The molecule has 2 aliphatic heterocycles. The third-order valence-corrected chi connectivity index (χ3v) is 6.63. The summed E-state index contributed by atoms with van der Waals surface area (Å²) >= 11 is 0. The Morgan fingerprint density at radius 1 is 1.15 bits per heavy atom. The number of carbonyl (C=O) groups excluding carboxylic acids is 1. The van der Waals surface area contributed by atoms with Crippen molar-refractivity contribution in [3.05, 3.63) is 24.0 Å². The molecule has 1 aliphatic carbocycles. The Bertz CT molecular complexity index is 698. The van der Waals surface area contributed by atoms with Crippen LogP contribution in [0.3, 0.4) is 0 Å². The van der Waals surface area contributed by atoms with E-state index in [0.29, 0.717) is 17.9 Å². The fourth-order valence-corrected chi connectivity index (χ4v) is 5.02. The van der Waals surface area contributed by atoms with E-state index in [1.807, 2.05) is 26.2 Å². The predicted molar refractivity (Wildman–Crippen MR) is 109 cm³/mol. The molecule has 1 aromatic rings. The number of Topliss-reactive ketones (excluding diaryl/α,β-unsaturated/α-hetero) is 1. The molecule has 0 amide bonds. The molecule has 5 heteroatoms. The van der Waals surface area contributed by atoms with Crippen molar-refractivity contribution in [3.63, 3.8) is 0 Å². The lowest BCUT2D eigenvalue weighted by Crippen LogP contribution is -2.54. The van der Waals surface area contributed by atoms with Crippen LogP contribution < -0.4 is 4.90 Å². The highest BCUT2D eigenvalue weighted by Crippen LogP contribution is 2.34. The highest BCUT2D eigenvalue weighted by atomic mass is 16.1. The number of likely N-dealkylation sites (N-methyl/N-ethyl adjacent to an activating group) is 1. The number of nitrogens with zero attached hydrogens (tertiary/aromatic N) is 4. The molecule has 1 aromatic heterocycles. The Hall–Kier alpha value is -1.75. The number of piperazine rings is 1. The second-order valence-electron chi connectivity index (χ2n) is 8.67. The molecule has 0 spiro atoms. The van der Waals surface area contributed by atoms with Gasteiger partial charge in [0.15, 0.2) is 0 Å². The minimum absolute atomic E-state index is 0.135. The van der Waals surface area contributed by atoms with E-state index in [1.54, 1.807) is 0 Å². The number of hydrogen-bond donors (Lipinski definition) is 0. The van der Waals surface area contributed by atoms with Crippen LogP contribution in [-0.4, -0.2) is 52.4 Å². The SMILES string of the molecule is CCN1CC2CCC(C1)N2c1ncc(C2=CC[C@H](C(=O)C(C)C)CC2)cn1. The number of anilines is 1. The smallest absolute Gasteiger partial charge is 0.225 e. The molecule has 0 radical (unpaired) electrons. The zero-order valence-electron chi connectivity index (χ0n) is 16.9. The van der Waals surface area contributed by atoms with Gasteiger partial charge in [-0.3, -0.25) is 9.69 Å². The normalized spacial score (nSPS) is 28.5. The van der Waals surface area contributed by atoms with Gasteiger partial charge in [0.25, 0.3) is 0 Å². The quantitative estimate of drug-likeness (QED) is 0.795. The zero-order valence-corrected chi connectivity index (χ0v) is 16.9. The Kier molecular flexibility index (Phi) is 5.31. The fourth-order valence-electron chi connectivity index (χ4n) is 5.02. The summed E-state index contributed by atoms with van der Waals surface area (Å²) in [4.78, 5) is 26.7. The monoisotopic (exact) mass is 368 g/mol. The van der Waals surface area contributed by atoms with E-state index < -0.39 is 0 Å². The summed E-state index contributed by atoms with van der Waals surface area (Å²) in [5.41, 5.74) is 2.42. The maximum absolute atomic E-state index is 12.2. The molecular formula is C22H32N4O. The van der Waals surface area contributed by atoms with Crippen molar-refractivity contribution in [2.24, 2.45) is 11.8 Å². The first-order valence-electron chi connectivity index (χ1n) is 10.6. The van der Waals surface area contributed by atoms with Crippen molar-refractivity contribution >= 4 is 17.3 Å². The number of aromatic nitrogens is 2. The van der Waals surface area contributed by atoms with E-state index in [2.05, 4.69) is 22.8 Å². The summed E-state index contributed by atoms with van der Waals surface area (Å²) in [6, 6.07) is 1.12. The molecule has 2 saturated heterocycles. The minimum Gasteiger partial charge on any atom is -0.332 e. The van der Waals surface area contributed by atoms with Crippen LogP contribution in [0, 0.1) is 11.8 Å². The lowest BCUT2D eigenvalue weighted by molar-refractivity contribution is -0.126. The van der Waals surface area contributed by atoms with Gasteiger partial charge in [-0.1, -0.05) is 26.8 Å². The van der Waals surface area contributed by atoms with Crippen LogP contribution in [0.4, 0.5) is 5.95 Å². The van der Waals surface area contributed by atoms with E-state index in [1.165, 1.54) is 18.4 Å². The Morgan fingerprint density at radius 2 is 1.81 bits per heavy atom. The number of likely N-dealkylation sites (tertiary alicyclic amines) is 1. The largest absolute Gasteiger partial charge is 0.332 e. The molecule has 0 aromatic carbocycles. The van der Waals surface area contributed by atoms with Gasteiger partial charge in [-0.05, 0) is 44.2 Å². The summed E-state index contributed by atoms with van der Waals surface area (Å²) in [6.45, 7) is 9.65. The molecule has 0 N–H and O–H groups in total. The van der Waals surface area contributed by atoms with Crippen molar-refractivity contribution in [2.75, 3.05) is 24.5 Å². The Balaban J connectivity index is 1.44. The first kappa shape index (κ1) is 18.6. The highest BCUT2D eigenvalue weighted by molar-refractivity contribution is 5.84. The van der Waals surface area contributed by atoms with Gasteiger partial charge in [0.05, 0.1) is 0 Å². The number of carbonyl (C=O) groups is 1. The number of fused-ring (bicyclic) bond motifs is 2. The number of hydrogen-bond acceptors (Lipinski definition) is 5. The maximum atomic E-state index is 12.2. The summed E-state index contributed by atoms with van der Waals surface area (Å²) in [5, 5.41) is 0. The lowest BCUT2D eigenvalue weighted by atomic mass is 9.82. The predicted octanol–water partition coefficient (Wildman–Crippen LogP) is 3.56. The topological polar surface area (TPSA) is 49.3 Å². The molecule has 27 heavy (non-hydrogen) atoms. The second-order valence-corrected chi connectivity index (χ2v) is 8.67. The molecule has 2 unspecified atom stereocenters. The molecule has 0 saturated carbocycles. The zero-order chi connectivity index (χ0) is 19.0. The van der Waals surface area contributed by atoms with Gasteiger partial charge < -0.3 is 4.90 Å². The van der Waals surface area contributed by atoms with Crippen LogP contribution in [0.1, 0.15) is 58.4 Å². The first-order valence-corrected chi connectivity index (χ1v) is 10.6. The van der Waals surface area contributed by atoms with Gasteiger partial charge in [-0.15, -0.1) is 0 Å². The van der Waals surface area contributed by atoms with Gasteiger partial charge in [-0.2, -0.15) is 0 Å². The summed E-state index contributed by atoms with van der Waals surface area (Å²) in [5.74, 6) is 1.63. The van der Waals surface area contributed by atoms with Crippen molar-refractivity contribution < 1.29 is 4.79 Å². The average molecular weight is 369 g/mol. The van der Waals surface area contributed by atoms with Gasteiger partial charge in [0.2, 0.25) is 5.95 Å². The number of ketones is 1. The summed E-state index contributed by atoms with van der Waals surface area (Å²) in [7, 11) is 0. The molecule has 2 bridgehead atoms. The van der Waals surface area contributed by atoms with Gasteiger partial charge in [-0.25, -0.2) is 9.97 Å². The van der Waals surface area contributed by atoms with Crippen LogP contribution >= 0.6 is 0 Å². The van der Waals surface area contributed by atoms with E-state index in [0.717, 1.165) is 50.4 Å². The van der Waals surface area contributed by atoms with Gasteiger partial charge >= 0.3 is 0 Å². The molecule has 3 atom stereocenters. The van der Waals surface area contributed by atoms with Crippen molar-refractivity contribution in [1.29, 1.82) is 0 Å². The van der Waals surface area contributed by atoms with Crippen LogP contribution in [0.2, 0.25) is 0 Å². The Labute approximate surface area is 162 Å². The van der Waals surface area contributed by atoms with Crippen LogP contribution in [0.5, 0.6) is 0 Å². The van der Waals surface area contributed by atoms with Gasteiger partial charge in [0, 0.05) is 55.0 Å². The van der Waals surface area contributed by atoms with E-state index in [9.17, 15) is 4.79 Å². The van der Waals surface area contributed by atoms with Crippen LogP contribution in [0.25, 0.3) is 5.57 Å². The summed E-state index contributed by atoms with van der Waals surface area (Å²) in [6.07, 6.45) is 11.5. The standard InChI is InChI=1S/C22H32N4O/c1-4-25-13-19-9-10-20(14-25)26(19)22-23-11-18(12-24-22)16-5-7-17(8-6-16)21(27)15(2)3/h5,11-12,15,17,19-20H,4,6-10,13-14H2,1-3H3/t17-,19?,20?/m0/s1. The molecular weight excluding hydrogens is 336 g/mol. The molecule has 4 rings (SSSR count).